The summed E-state index contributed by atoms with van der Waals surface area (Å²) in [5.41, 5.74) is 7.71. The molecule has 0 saturated carbocycles. The number of nitrogen functional groups attached to an aromatic ring is 1. The van der Waals surface area contributed by atoms with Gasteiger partial charge in [0, 0.05) is 16.9 Å². The molecule has 3 heteroatoms. The molecule has 3 nitrogen and oxygen atoms in total. The maximum absolute atomic E-state index is 7.41. The molecule has 78 valence electrons. The fourth-order valence-electron chi connectivity index (χ4n) is 1.24. The second-order valence-electron chi connectivity index (χ2n) is 3.11. The molecule has 0 fully saturated rings. The molecule has 0 aliphatic heterocycles. The number of amidine groups is 1. The maximum Gasteiger partial charge on any atom is 0.124 e. The first-order valence-electron chi connectivity index (χ1n) is 4.67. The molecule has 0 aliphatic carbocycles. The molecule has 0 atom stereocenters. The molecule has 1 rings (SSSR count). The van der Waals surface area contributed by atoms with Gasteiger partial charge in [-0.15, -0.1) is 0 Å². The van der Waals surface area contributed by atoms with Crippen LogP contribution >= 0.6 is 0 Å². The number of hydrogen-bond acceptors (Lipinski definition) is 2. The molecular formula is C12H15N3. The van der Waals surface area contributed by atoms with Crippen molar-refractivity contribution in [1.82, 2.24) is 0 Å². The molecule has 1 aromatic carbocycles. The highest BCUT2D eigenvalue weighted by Crippen LogP contribution is 2.16. The zero-order valence-electron chi connectivity index (χ0n) is 8.75. The molecule has 4 N–H and O–H groups in total. The van der Waals surface area contributed by atoms with Crippen LogP contribution in [0.5, 0.6) is 0 Å². The van der Waals surface area contributed by atoms with E-state index >= 15 is 0 Å². The van der Waals surface area contributed by atoms with Crippen LogP contribution in [-0.2, 0) is 0 Å². The first-order valence-corrected chi connectivity index (χ1v) is 4.67. The van der Waals surface area contributed by atoms with Crippen molar-refractivity contribution in [2.45, 2.75) is 6.92 Å². The van der Waals surface area contributed by atoms with Crippen LogP contribution in [0.1, 0.15) is 12.5 Å². The van der Waals surface area contributed by atoms with Gasteiger partial charge in [0.1, 0.15) is 5.84 Å². The van der Waals surface area contributed by atoms with Crippen molar-refractivity contribution in [1.29, 1.82) is 5.41 Å². The van der Waals surface area contributed by atoms with Gasteiger partial charge in [0.05, 0.1) is 0 Å². The molecule has 0 aliphatic rings. The summed E-state index contributed by atoms with van der Waals surface area (Å²) in [6.07, 6.45) is 3.75. The minimum atomic E-state index is 0.0476. The van der Waals surface area contributed by atoms with Crippen LogP contribution in [0, 0.1) is 5.41 Å². The lowest BCUT2D eigenvalue weighted by Gasteiger charge is -2.10. The minimum absolute atomic E-state index is 0.0476. The third kappa shape index (κ3) is 2.98. The number of benzene rings is 1. The quantitative estimate of drug-likeness (QED) is 0.398. The van der Waals surface area contributed by atoms with Crippen LogP contribution in [0.3, 0.4) is 0 Å². The summed E-state index contributed by atoms with van der Waals surface area (Å²) in [6.45, 7) is 5.75. The standard InChI is InChI=1S/C12H15N3/c1-3-6-9(2)15-11-8-5-4-7-10(11)12(13)14/h3-8,15H,2H2,1H3,(H3,13,14)/b6-3+. The minimum Gasteiger partial charge on any atom is -0.384 e. The van der Waals surface area contributed by atoms with Crippen molar-refractivity contribution in [3.05, 3.63) is 54.3 Å². The average molecular weight is 201 g/mol. The van der Waals surface area contributed by atoms with Gasteiger partial charge < -0.3 is 11.1 Å². The van der Waals surface area contributed by atoms with E-state index in [0.717, 1.165) is 11.4 Å². The third-order valence-electron chi connectivity index (χ3n) is 1.88. The summed E-state index contributed by atoms with van der Waals surface area (Å²) >= 11 is 0. The number of nitrogens with two attached hydrogens (primary N) is 1. The van der Waals surface area contributed by atoms with E-state index in [2.05, 4.69) is 11.9 Å². The number of rotatable bonds is 4. The Labute approximate surface area is 89.8 Å². The third-order valence-corrected chi connectivity index (χ3v) is 1.88. The summed E-state index contributed by atoms with van der Waals surface area (Å²) in [5.74, 6) is 0.0476. The van der Waals surface area contributed by atoms with Gasteiger partial charge in [-0.05, 0) is 25.1 Å². The number of nitrogens with one attached hydrogen (secondary N) is 2. The highest BCUT2D eigenvalue weighted by Gasteiger charge is 2.03. The lowest BCUT2D eigenvalue weighted by molar-refractivity contribution is 1.40. The normalized spacial score (nSPS) is 10.2. The zero-order chi connectivity index (χ0) is 11.3. The summed E-state index contributed by atoms with van der Waals surface area (Å²) in [7, 11) is 0. The van der Waals surface area contributed by atoms with Gasteiger partial charge in [-0.3, -0.25) is 5.41 Å². The first-order chi connectivity index (χ1) is 7.15. The van der Waals surface area contributed by atoms with Crippen LogP contribution in [0.25, 0.3) is 0 Å². The van der Waals surface area contributed by atoms with E-state index in [4.69, 9.17) is 11.1 Å². The lowest BCUT2D eigenvalue weighted by Crippen LogP contribution is -2.13. The number of hydrogen-bond donors (Lipinski definition) is 3. The molecule has 0 heterocycles. The molecule has 0 aromatic heterocycles. The topological polar surface area (TPSA) is 61.9 Å². The molecule has 0 saturated heterocycles. The predicted octanol–water partition coefficient (Wildman–Crippen LogP) is 2.47. The predicted molar refractivity (Wildman–Crippen MR) is 65.0 cm³/mol. The molecule has 1 aromatic rings. The number of anilines is 1. The highest BCUT2D eigenvalue weighted by atomic mass is 14.9. The summed E-state index contributed by atoms with van der Waals surface area (Å²) < 4.78 is 0. The molecule has 15 heavy (non-hydrogen) atoms. The Morgan fingerprint density at radius 3 is 2.73 bits per heavy atom. The van der Waals surface area contributed by atoms with E-state index in [9.17, 15) is 0 Å². The van der Waals surface area contributed by atoms with Gasteiger partial charge in [-0.2, -0.15) is 0 Å². The summed E-state index contributed by atoms with van der Waals surface area (Å²) in [5, 5.41) is 10.5. The van der Waals surface area contributed by atoms with Crippen molar-refractivity contribution < 1.29 is 0 Å². The second kappa shape index (κ2) is 5.00. The van der Waals surface area contributed by atoms with Crippen molar-refractivity contribution in [2.24, 2.45) is 5.73 Å². The van der Waals surface area contributed by atoms with E-state index in [0.29, 0.717) is 5.56 Å². The monoisotopic (exact) mass is 201 g/mol. The smallest absolute Gasteiger partial charge is 0.124 e. The summed E-state index contributed by atoms with van der Waals surface area (Å²) in [6, 6.07) is 7.40. The van der Waals surface area contributed by atoms with E-state index in [1.165, 1.54) is 0 Å². The van der Waals surface area contributed by atoms with Gasteiger partial charge >= 0.3 is 0 Å². The molecular weight excluding hydrogens is 186 g/mol. The van der Waals surface area contributed by atoms with E-state index in [1.807, 2.05) is 37.3 Å². The van der Waals surface area contributed by atoms with Crippen molar-refractivity contribution in [3.8, 4) is 0 Å². The second-order valence-corrected chi connectivity index (χ2v) is 3.11. The molecule has 0 spiro atoms. The number of allylic oxidation sites excluding steroid dienone is 2. The molecule has 0 radical (unpaired) electrons. The Balaban J connectivity index is 2.94. The largest absolute Gasteiger partial charge is 0.384 e. The number of para-hydroxylation sites is 1. The maximum atomic E-state index is 7.41. The van der Waals surface area contributed by atoms with Gasteiger partial charge in [0.15, 0.2) is 0 Å². The van der Waals surface area contributed by atoms with E-state index in [1.54, 1.807) is 6.07 Å². The summed E-state index contributed by atoms with van der Waals surface area (Å²) in [4.78, 5) is 0. The Hall–Kier alpha value is -2.03. The molecule has 0 unspecified atom stereocenters. The fraction of sp³-hybridized carbons (Fsp3) is 0.0833. The van der Waals surface area contributed by atoms with Gasteiger partial charge in [0.25, 0.3) is 0 Å². The average Bonchev–Trinajstić information content (AvgIpc) is 2.18. The van der Waals surface area contributed by atoms with Gasteiger partial charge in [-0.1, -0.05) is 24.8 Å². The lowest BCUT2D eigenvalue weighted by atomic mass is 10.1. The van der Waals surface area contributed by atoms with Crippen molar-refractivity contribution in [3.63, 3.8) is 0 Å². The van der Waals surface area contributed by atoms with Crippen LogP contribution in [0.2, 0.25) is 0 Å². The Bertz CT molecular complexity index is 405. The molecule has 0 bridgehead atoms. The molecule has 0 amide bonds. The van der Waals surface area contributed by atoms with Gasteiger partial charge in [0.2, 0.25) is 0 Å². The van der Waals surface area contributed by atoms with Crippen LogP contribution in [0.15, 0.2) is 48.7 Å². The van der Waals surface area contributed by atoms with E-state index < -0.39 is 0 Å². The van der Waals surface area contributed by atoms with Crippen LogP contribution in [-0.4, -0.2) is 5.84 Å². The van der Waals surface area contributed by atoms with Gasteiger partial charge in [-0.25, -0.2) is 0 Å². The fourth-order valence-corrected chi connectivity index (χ4v) is 1.24. The first kappa shape index (κ1) is 11.0. The Morgan fingerprint density at radius 1 is 1.47 bits per heavy atom. The zero-order valence-corrected chi connectivity index (χ0v) is 8.75. The Kier molecular flexibility index (Phi) is 3.68. The van der Waals surface area contributed by atoms with E-state index in [-0.39, 0.29) is 5.84 Å². The highest BCUT2D eigenvalue weighted by molar-refractivity contribution is 6.00. The van der Waals surface area contributed by atoms with Crippen LogP contribution in [0.4, 0.5) is 5.69 Å². The SMILES string of the molecule is C=C(/C=C/C)Nc1ccccc1C(=N)N. The Morgan fingerprint density at radius 2 is 2.13 bits per heavy atom. The van der Waals surface area contributed by atoms with Crippen LogP contribution < -0.4 is 11.1 Å². The van der Waals surface area contributed by atoms with Crippen molar-refractivity contribution >= 4 is 11.5 Å². The van der Waals surface area contributed by atoms with Crippen molar-refractivity contribution in [2.75, 3.05) is 5.32 Å².